The van der Waals surface area contributed by atoms with E-state index in [9.17, 15) is 32.7 Å². The summed E-state index contributed by atoms with van der Waals surface area (Å²) in [6.45, 7) is 1.99. The molecule has 44 heavy (non-hydrogen) atoms. The smallest absolute Gasteiger partial charge is 0.338 e. The number of carbonyl (C=O) groups excluding carboxylic acids is 1. The number of carboxylic acids is 1. The maximum Gasteiger partial charge on any atom is 0.338 e. The van der Waals surface area contributed by atoms with Crippen molar-refractivity contribution in [2.75, 3.05) is 31.1 Å². The Bertz CT molecular complexity index is 1790. The lowest BCUT2D eigenvalue weighted by Crippen LogP contribution is -2.51. The van der Waals surface area contributed by atoms with Gasteiger partial charge in [0.05, 0.1) is 28.8 Å². The Labute approximate surface area is 255 Å². The van der Waals surface area contributed by atoms with E-state index < -0.39 is 29.0 Å². The second-order valence-electron chi connectivity index (χ2n) is 11.4. The van der Waals surface area contributed by atoms with Gasteiger partial charge in [-0.05, 0) is 61.4 Å². The summed E-state index contributed by atoms with van der Waals surface area (Å²) < 4.78 is 44.9. The molecule has 6 rings (SSSR count). The van der Waals surface area contributed by atoms with E-state index in [1.54, 1.807) is 35.2 Å². The third kappa shape index (κ3) is 5.68. The number of anilines is 1. The van der Waals surface area contributed by atoms with Crippen molar-refractivity contribution in [1.82, 2.24) is 14.0 Å². The predicted molar refractivity (Wildman–Crippen MR) is 161 cm³/mol. The number of aromatic nitrogens is 2. The number of imidazole rings is 1. The minimum atomic E-state index is -2.67. The van der Waals surface area contributed by atoms with Crippen LogP contribution in [0.4, 0.5) is 18.9 Å². The summed E-state index contributed by atoms with van der Waals surface area (Å²) in [5.74, 6) is -5.34. The van der Waals surface area contributed by atoms with Crippen LogP contribution in [0.15, 0.2) is 65.5 Å². The number of halogens is 4. The fourth-order valence-corrected chi connectivity index (χ4v) is 6.38. The Morgan fingerprint density at radius 1 is 0.909 bits per heavy atom. The highest BCUT2D eigenvalue weighted by atomic mass is 35.5. The lowest BCUT2D eigenvalue weighted by molar-refractivity contribution is -0.140. The Morgan fingerprint density at radius 3 is 2.23 bits per heavy atom. The molecule has 1 saturated heterocycles. The number of hydrogen-bond acceptors (Lipinski definition) is 4. The van der Waals surface area contributed by atoms with Gasteiger partial charge in [-0.3, -0.25) is 13.9 Å². The zero-order valence-electron chi connectivity index (χ0n) is 23.7. The van der Waals surface area contributed by atoms with Crippen LogP contribution in [0.25, 0.3) is 16.7 Å². The molecule has 1 aliphatic heterocycles. The van der Waals surface area contributed by atoms with Gasteiger partial charge in [0.2, 0.25) is 11.8 Å². The number of rotatable bonds is 6. The highest BCUT2D eigenvalue weighted by Gasteiger charge is 2.39. The summed E-state index contributed by atoms with van der Waals surface area (Å²) in [6, 6.07) is 16.4. The van der Waals surface area contributed by atoms with Crippen LogP contribution in [0.1, 0.15) is 41.6 Å². The molecule has 0 unspecified atom stereocenters. The van der Waals surface area contributed by atoms with Gasteiger partial charge in [0.1, 0.15) is 5.82 Å². The molecular weight excluding hydrogens is 597 g/mol. The summed E-state index contributed by atoms with van der Waals surface area (Å²) in [6.07, 6.45) is -0.0344. The molecule has 230 valence electrons. The quantitative estimate of drug-likeness (QED) is 0.292. The van der Waals surface area contributed by atoms with E-state index in [1.807, 2.05) is 12.1 Å². The van der Waals surface area contributed by atoms with Crippen molar-refractivity contribution in [3.8, 4) is 5.69 Å². The van der Waals surface area contributed by atoms with Gasteiger partial charge >= 0.3 is 11.7 Å². The number of amides is 1. The molecule has 1 amide bonds. The molecule has 1 saturated carbocycles. The Morgan fingerprint density at radius 2 is 1.57 bits per heavy atom. The van der Waals surface area contributed by atoms with Crippen molar-refractivity contribution < 1.29 is 27.9 Å². The summed E-state index contributed by atoms with van der Waals surface area (Å²) >= 11 is 6.29. The normalized spacial score (nSPS) is 17.3. The van der Waals surface area contributed by atoms with Crippen LogP contribution < -0.4 is 10.6 Å². The van der Waals surface area contributed by atoms with Crippen molar-refractivity contribution in [2.45, 2.75) is 38.2 Å². The largest absolute Gasteiger partial charge is 0.478 e. The van der Waals surface area contributed by atoms with Gasteiger partial charge in [-0.2, -0.15) is 0 Å². The number of carboxylic acid groups (broad SMARTS) is 1. The van der Waals surface area contributed by atoms with Crippen LogP contribution >= 0.6 is 11.6 Å². The summed E-state index contributed by atoms with van der Waals surface area (Å²) in [5.41, 5.74) is 1.64. The highest BCUT2D eigenvalue weighted by Crippen LogP contribution is 2.37. The molecule has 1 N–H and O–H groups in total. The first-order chi connectivity index (χ1) is 21.0. The average Bonchev–Trinajstić information content (AvgIpc) is 3.27. The second-order valence-corrected chi connectivity index (χ2v) is 11.8. The van der Waals surface area contributed by atoms with E-state index in [0.717, 1.165) is 5.69 Å². The molecule has 0 atom stereocenters. The van der Waals surface area contributed by atoms with Gasteiger partial charge in [-0.1, -0.05) is 23.7 Å². The van der Waals surface area contributed by atoms with Crippen molar-refractivity contribution in [3.63, 3.8) is 0 Å². The molecule has 0 spiro atoms. The van der Waals surface area contributed by atoms with E-state index in [2.05, 4.69) is 4.90 Å². The van der Waals surface area contributed by atoms with Crippen LogP contribution in [0.3, 0.4) is 0 Å². The van der Waals surface area contributed by atoms with Gasteiger partial charge in [0.15, 0.2) is 0 Å². The first-order valence-electron chi connectivity index (χ1n) is 14.5. The van der Waals surface area contributed by atoms with E-state index >= 15 is 0 Å². The van der Waals surface area contributed by atoms with Crippen LogP contribution in [0.2, 0.25) is 5.02 Å². The first-order valence-corrected chi connectivity index (χ1v) is 14.8. The zero-order valence-corrected chi connectivity index (χ0v) is 24.4. The monoisotopic (exact) mass is 626 g/mol. The summed E-state index contributed by atoms with van der Waals surface area (Å²) in [4.78, 5) is 42.0. The topological polar surface area (TPSA) is 87.8 Å². The molecule has 2 fully saturated rings. The predicted octanol–water partition coefficient (Wildman–Crippen LogP) is 5.81. The molecule has 1 aromatic heterocycles. The minimum Gasteiger partial charge on any atom is -0.478 e. The third-order valence-corrected chi connectivity index (χ3v) is 8.89. The molecule has 0 bridgehead atoms. The Hall–Kier alpha value is -4.25. The fraction of sp³-hybridized carbons (Fsp3) is 0.344. The maximum absolute atomic E-state index is 15.0. The summed E-state index contributed by atoms with van der Waals surface area (Å²) in [5, 5.41) is 9.73. The lowest BCUT2D eigenvalue weighted by Gasteiger charge is -2.38. The molecule has 12 heteroatoms. The number of nitrogens with zero attached hydrogens (tertiary/aromatic N) is 4. The number of fused-ring (bicyclic) bond motifs is 1. The van der Waals surface area contributed by atoms with Crippen molar-refractivity contribution >= 4 is 40.2 Å². The SMILES string of the molecule is O=C(O)c1cccc(Cn2c(=O)n(-c3ccc(N4CCN(C(=O)C5CCC(F)(F)CC5)CC4)cc3)c3cc(Cl)ccc32)c1F. The second kappa shape index (κ2) is 11.7. The number of benzene rings is 3. The third-order valence-electron chi connectivity index (χ3n) is 8.66. The number of hydrogen-bond donors (Lipinski definition) is 1. The first kappa shape index (κ1) is 29.8. The average molecular weight is 627 g/mol. The van der Waals surface area contributed by atoms with E-state index in [-0.39, 0.29) is 49.6 Å². The van der Waals surface area contributed by atoms with Crippen molar-refractivity contribution in [2.24, 2.45) is 5.92 Å². The van der Waals surface area contributed by atoms with Gasteiger partial charge in [0.25, 0.3) is 0 Å². The van der Waals surface area contributed by atoms with Gasteiger partial charge in [0, 0.05) is 61.2 Å². The maximum atomic E-state index is 15.0. The molecular formula is C32H30ClF3N4O4. The van der Waals surface area contributed by atoms with Crippen LogP contribution in [-0.2, 0) is 11.3 Å². The molecule has 2 heterocycles. The molecule has 3 aromatic carbocycles. The van der Waals surface area contributed by atoms with Crippen LogP contribution in [0.5, 0.6) is 0 Å². The van der Waals surface area contributed by atoms with Crippen molar-refractivity contribution in [1.29, 1.82) is 0 Å². The zero-order chi connectivity index (χ0) is 31.2. The standard InChI is InChI=1S/C32H30ClF3N4O4/c33-22-4-9-26-27(18-22)40(31(44)39(26)19-21-2-1-3-25(28(21)34)30(42)43)24-7-5-23(6-8-24)37-14-16-38(17-15-37)29(41)20-10-12-32(35,36)13-11-20/h1-9,18,20H,10-17,19H2,(H,42,43). The fourth-order valence-electron chi connectivity index (χ4n) is 6.21. The molecule has 0 radical (unpaired) electrons. The van der Waals surface area contributed by atoms with E-state index in [4.69, 9.17) is 11.6 Å². The van der Waals surface area contributed by atoms with E-state index in [0.29, 0.717) is 47.9 Å². The molecule has 8 nitrogen and oxygen atoms in total. The van der Waals surface area contributed by atoms with Crippen molar-refractivity contribution in [3.05, 3.63) is 93.1 Å². The Kier molecular flexibility index (Phi) is 7.91. The number of aromatic carboxylic acids is 1. The molecule has 1 aliphatic carbocycles. The van der Waals surface area contributed by atoms with E-state index in [1.165, 1.54) is 27.3 Å². The lowest BCUT2D eigenvalue weighted by atomic mass is 9.86. The van der Waals surface area contributed by atoms with Gasteiger partial charge < -0.3 is 14.9 Å². The molecule has 4 aromatic rings. The minimum absolute atomic E-state index is 0.0421. The number of piperazine rings is 1. The van der Waals surface area contributed by atoms with Crippen LogP contribution in [0, 0.1) is 11.7 Å². The Balaban J connectivity index is 1.21. The summed E-state index contributed by atoms with van der Waals surface area (Å²) in [7, 11) is 0. The van der Waals surface area contributed by atoms with Crippen LogP contribution in [-0.4, -0.2) is 63.1 Å². The number of carbonyl (C=O) groups is 2. The number of alkyl halides is 2. The van der Waals surface area contributed by atoms with Gasteiger partial charge in [-0.15, -0.1) is 0 Å². The van der Waals surface area contributed by atoms with Gasteiger partial charge in [-0.25, -0.2) is 22.8 Å². The molecule has 2 aliphatic rings. The highest BCUT2D eigenvalue weighted by molar-refractivity contribution is 6.31.